The first-order valence-electron chi connectivity index (χ1n) is 8.28. The highest BCUT2D eigenvalue weighted by Gasteiger charge is 2.29. The average molecular weight is 406 g/mol. The molecular weight excluding hydrogens is 389 g/mol. The lowest BCUT2D eigenvalue weighted by molar-refractivity contribution is -0.137. The molecule has 0 atom stereocenters. The van der Waals surface area contributed by atoms with E-state index in [4.69, 9.17) is 0 Å². The van der Waals surface area contributed by atoms with Crippen molar-refractivity contribution in [3.8, 4) is 0 Å². The summed E-state index contributed by atoms with van der Waals surface area (Å²) >= 11 is 1.28. The van der Waals surface area contributed by atoms with Crippen molar-refractivity contribution in [2.24, 2.45) is 0 Å². The third-order valence-electron chi connectivity index (χ3n) is 3.89. The van der Waals surface area contributed by atoms with Crippen molar-refractivity contribution in [1.82, 2.24) is 9.97 Å². The minimum Gasteiger partial charge on any atom is -0.362 e. The van der Waals surface area contributed by atoms with Gasteiger partial charge in [-0.1, -0.05) is 12.1 Å². The van der Waals surface area contributed by atoms with Crippen LogP contribution in [0, 0.1) is 0 Å². The number of carbonyl (C=O) groups excluding carboxylic acids is 1. The molecule has 28 heavy (non-hydrogen) atoms. The van der Waals surface area contributed by atoms with E-state index in [9.17, 15) is 18.0 Å². The smallest absolute Gasteiger partial charge is 0.362 e. The topological polar surface area (TPSA) is 58.1 Å². The van der Waals surface area contributed by atoms with Crippen molar-refractivity contribution in [3.63, 3.8) is 0 Å². The number of aromatic nitrogens is 2. The molecule has 146 valence electrons. The lowest BCUT2D eigenvalue weighted by atomic mass is 10.1. The summed E-state index contributed by atoms with van der Waals surface area (Å²) in [6.07, 6.45) is -0.703. The molecule has 3 aromatic rings. The molecule has 0 fully saturated rings. The summed E-state index contributed by atoms with van der Waals surface area (Å²) in [5.41, 5.74) is 0.477. The Balaban J connectivity index is 1.68. The Bertz CT molecular complexity index is 968. The molecule has 0 unspecified atom stereocenters. The fourth-order valence-electron chi connectivity index (χ4n) is 2.55. The summed E-state index contributed by atoms with van der Waals surface area (Å²) in [5, 5.41) is 3.16. The summed E-state index contributed by atoms with van der Waals surface area (Å²) in [6, 6.07) is 8.36. The number of rotatable bonds is 5. The van der Waals surface area contributed by atoms with Crippen molar-refractivity contribution in [1.29, 1.82) is 0 Å². The van der Waals surface area contributed by atoms with Gasteiger partial charge in [-0.25, -0.2) is 9.97 Å². The number of carbonyl (C=O) groups is 1. The highest BCUT2D eigenvalue weighted by molar-refractivity contribution is 7.15. The van der Waals surface area contributed by atoms with Gasteiger partial charge in [0.1, 0.15) is 5.82 Å². The van der Waals surface area contributed by atoms with E-state index in [0.29, 0.717) is 22.9 Å². The molecule has 2 aromatic heterocycles. The normalized spacial score (nSPS) is 11.3. The van der Waals surface area contributed by atoms with Gasteiger partial charge in [0.05, 0.1) is 11.1 Å². The van der Waals surface area contributed by atoms with Gasteiger partial charge >= 0.3 is 6.18 Å². The number of alkyl halides is 3. The Kier molecular flexibility index (Phi) is 5.64. The first-order valence-corrected chi connectivity index (χ1v) is 9.10. The van der Waals surface area contributed by atoms with Crippen molar-refractivity contribution in [3.05, 3.63) is 70.4 Å². The third-order valence-corrected chi connectivity index (χ3v) is 4.80. The standard InChI is InChI=1S/C19H17F3N4OS/c1-26(2)16-15(4-3-9-23-16)17(27)25-18-24-11-14(28-18)10-12-5-7-13(8-6-12)19(20,21)22/h3-9,11H,10H2,1-2H3,(H,24,25,27). The van der Waals surface area contributed by atoms with Gasteiger partial charge in [0.25, 0.3) is 5.91 Å². The second-order valence-electron chi connectivity index (χ2n) is 6.23. The van der Waals surface area contributed by atoms with Crippen LogP contribution in [0.5, 0.6) is 0 Å². The fraction of sp³-hybridized carbons (Fsp3) is 0.211. The maximum absolute atomic E-state index is 12.6. The van der Waals surface area contributed by atoms with Crippen LogP contribution in [-0.2, 0) is 12.6 Å². The van der Waals surface area contributed by atoms with Crippen LogP contribution >= 0.6 is 11.3 Å². The highest BCUT2D eigenvalue weighted by Crippen LogP contribution is 2.30. The number of nitrogens with one attached hydrogen (secondary N) is 1. The first kappa shape index (κ1) is 19.8. The Morgan fingerprint density at radius 2 is 1.86 bits per heavy atom. The minimum atomic E-state index is -4.35. The molecule has 0 saturated carbocycles. The van der Waals surface area contributed by atoms with Crippen LogP contribution in [-0.4, -0.2) is 30.0 Å². The van der Waals surface area contributed by atoms with Gasteiger partial charge < -0.3 is 4.90 Å². The number of benzene rings is 1. The Morgan fingerprint density at radius 3 is 2.50 bits per heavy atom. The van der Waals surface area contributed by atoms with E-state index < -0.39 is 11.7 Å². The number of anilines is 2. The third kappa shape index (κ3) is 4.66. The van der Waals surface area contributed by atoms with Gasteiger partial charge in [0, 0.05) is 37.8 Å². The van der Waals surface area contributed by atoms with Gasteiger partial charge in [-0.05, 0) is 29.8 Å². The molecular formula is C19H17F3N4OS. The van der Waals surface area contributed by atoms with Crippen LogP contribution in [0.3, 0.4) is 0 Å². The number of pyridine rings is 1. The largest absolute Gasteiger partial charge is 0.416 e. The number of halogens is 3. The number of thiazole rings is 1. The Labute approximate surface area is 163 Å². The minimum absolute atomic E-state index is 0.327. The van der Waals surface area contributed by atoms with E-state index in [1.54, 1.807) is 43.5 Å². The first-order chi connectivity index (χ1) is 13.2. The predicted molar refractivity (Wildman–Crippen MR) is 103 cm³/mol. The van der Waals surface area contributed by atoms with Crippen molar-refractivity contribution < 1.29 is 18.0 Å². The van der Waals surface area contributed by atoms with E-state index in [1.807, 2.05) is 0 Å². The molecule has 2 heterocycles. The second-order valence-corrected chi connectivity index (χ2v) is 7.34. The Morgan fingerprint density at radius 1 is 1.14 bits per heavy atom. The number of amides is 1. The van der Waals surface area contributed by atoms with E-state index in [1.165, 1.54) is 23.5 Å². The molecule has 0 spiro atoms. The van der Waals surface area contributed by atoms with Crippen LogP contribution < -0.4 is 10.2 Å². The molecule has 9 heteroatoms. The molecule has 0 bridgehead atoms. The second kappa shape index (κ2) is 7.97. The predicted octanol–water partition coefficient (Wildman–Crippen LogP) is 4.47. The molecule has 1 aromatic carbocycles. The molecule has 0 saturated heterocycles. The molecule has 0 radical (unpaired) electrons. The molecule has 1 amide bonds. The van der Waals surface area contributed by atoms with Crippen LogP contribution in [0.15, 0.2) is 48.8 Å². The van der Waals surface area contributed by atoms with Crippen LogP contribution in [0.25, 0.3) is 0 Å². The molecule has 3 rings (SSSR count). The lowest BCUT2D eigenvalue weighted by Gasteiger charge is -2.14. The fourth-order valence-corrected chi connectivity index (χ4v) is 3.40. The molecule has 0 aliphatic heterocycles. The highest BCUT2D eigenvalue weighted by atomic mass is 32.1. The summed E-state index contributed by atoms with van der Waals surface area (Å²) in [6.45, 7) is 0. The summed E-state index contributed by atoms with van der Waals surface area (Å²) in [5.74, 6) is 0.216. The lowest BCUT2D eigenvalue weighted by Crippen LogP contribution is -2.19. The summed E-state index contributed by atoms with van der Waals surface area (Å²) in [4.78, 5) is 23.5. The zero-order valence-electron chi connectivity index (χ0n) is 15.1. The monoisotopic (exact) mass is 406 g/mol. The number of nitrogens with zero attached hydrogens (tertiary/aromatic N) is 3. The van der Waals surface area contributed by atoms with E-state index in [0.717, 1.165) is 22.6 Å². The van der Waals surface area contributed by atoms with Crippen LogP contribution in [0.2, 0.25) is 0 Å². The number of hydrogen-bond acceptors (Lipinski definition) is 5. The van der Waals surface area contributed by atoms with Crippen LogP contribution in [0.4, 0.5) is 24.1 Å². The van der Waals surface area contributed by atoms with Crippen LogP contribution in [0.1, 0.15) is 26.4 Å². The zero-order valence-corrected chi connectivity index (χ0v) is 15.9. The molecule has 5 nitrogen and oxygen atoms in total. The maximum atomic E-state index is 12.6. The van der Waals surface area contributed by atoms with Crippen molar-refractivity contribution in [2.45, 2.75) is 12.6 Å². The van der Waals surface area contributed by atoms with Crippen molar-refractivity contribution >= 4 is 28.2 Å². The van der Waals surface area contributed by atoms with E-state index in [-0.39, 0.29) is 5.91 Å². The maximum Gasteiger partial charge on any atom is 0.416 e. The van der Waals surface area contributed by atoms with E-state index >= 15 is 0 Å². The van der Waals surface area contributed by atoms with Gasteiger partial charge in [0.2, 0.25) is 0 Å². The van der Waals surface area contributed by atoms with E-state index in [2.05, 4.69) is 15.3 Å². The van der Waals surface area contributed by atoms with Gasteiger partial charge in [-0.15, -0.1) is 11.3 Å². The quantitative estimate of drug-likeness (QED) is 0.679. The zero-order chi connectivity index (χ0) is 20.3. The van der Waals surface area contributed by atoms with Crippen molar-refractivity contribution in [2.75, 3.05) is 24.3 Å². The summed E-state index contributed by atoms with van der Waals surface area (Å²) < 4.78 is 37.9. The van der Waals surface area contributed by atoms with Gasteiger partial charge in [-0.2, -0.15) is 13.2 Å². The van der Waals surface area contributed by atoms with Gasteiger partial charge in [-0.3, -0.25) is 10.1 Å². The molecule has 0 aliphatic carbocycles. The SMILES string of the molecule is CN(C)c1ncccc1C(=O)Nc1ncc(Cc2ccc(C(F)(F)F)cc2)s1. The summed E-state index contributed by atoms with van der Waals surface area (Å²) in [7, 11) is 3.59. The molecule has 1 N–H and O–H groups in total. The van der Waals surface area contributed by atoms with Gasteiger partial charge in [0.15, 0.2) is 5.13 Å². The average Bonchev–Trinajstić information content (AvgIpc) is 3.08. The Hall–Kier alpha value is -2.94. The molecule has 0 aliphatic rings. The number of hydrogen-bond donors (Lipinski definition) is 1.